The topological polar surface area (TPSA) is 65.9 Å². The predicted octanol–water partition coefficient (Wildman–Crippen LogP) is 2.69. The lowest BCUT2D eigenvalue weighted by Crippen LogP contribution is -2.48. The Kier molecular flexibility index (Phi) is 6.08. The quantitative estimate of drug-likeness (QED) is 0.837. The molecule has 2 aromatic rings. The number of carbonyl (C=O) groups is 1. The predicted molar refractivity (Wildman–Crippen MR) is 99.5 cm³/mol. The van der Waals surface area contributed by atoms with Gasteiger partial charge in [-0.25, -0.2) is 0 Å². The van der Waals surface area contributed by atoms with Gasteiger partial charge in [-0.2, -0.15) is 0 Å². The second-order valence-electron chi connectivity index (χ2n) is 6.29. The highest BCUT2D eigenvalue weighted by Gasteiger charge is 2.32. The van der Waals surface area contributed by atoms with E-state index in [1.54, 1.807) is 30.6 Å². The van der Waals surface area contributed by atoms with E-state index in [-0.39, 0.29) is 0 Å². The van der Waals surface area contributed by atoms with Crippen molar-refractivity contribution in [2.45, 2.75) is 12.6 Å². The maximum atomic E-state index is 12.0. The van der Waals surface area contributed by atoms with Gasteiger partial charge >= 0.3 is 5.97 Å². The highest BCUT2D eigenvalue weighted by Crippen LogP contribution is 2.32. The van der Waals surface area contributed by atoms with Crippen LogP contribution in [0.3, 0.4) is 0 Å². The molecule has 0 amide bonds. The van der Waals surface area contributed by atoms with Crippen molar-refractivity contribution in [3.63, 3.8) is 0 Å². The fraction of sp³-hybridized carbons (Fsp3) is 0.368. The average molecular weight is 376 g/mol. The molecule has 0 saturated carbocycles. The Balaban J connectivity index is 1.71. The molecule has 0 unspecified atom stereocenters. The summed E-state index contributed by atoms with van der Waals surface area (Å²) in [4.78, 5) is 20.3. The number of rotatable bonds is 6. The average Bonchev–Trinajstić information content (AvgIpc) is 2.64. The summed E-state index contributed by atoms with van der Waals surface area (Å²) in [6, 6.07) is 8.34. The van der Waals surface area contributed by atoms with Crippen LogP contribution >= 0.6 is 11.6 Å². The first-order valence-corrected chi connectivity index (χ1v) is 8.88. The van der Waals surface area contributed by atoms with E-state index in [0.29, 0.717) is 29.4 Å². The van der Waals surface area contributed by atoms with Crippen molar-refractivity contribution in [1.82, 2.24) is 14.8 Å². The van der Waals surface area contributed by atoms with E-state index in [2.05, 4.69) is 9.88 Å². The van der Waals surface area contributed by atoms with Crippen LogP contribution in [0.5, 0.6) is 5.75 Å². The first-order chi connectivity index (χ1) is 12.6. The molecule has 1 aliphatic rings. The van der Waals surface area contributed by atoms with Gasteiger partial charge in [0.15, 0.2) is 0 Å². The number of halogens is 1. The SMILES string of the molecule is COc1ccc(Cl)cc1[C@@H](C(=O)O)N1CCN(Cc2ccncc2)CC1. The number of nitrogens with zero attached hydrogens (tertiary/aromatic N) is 3. The number of methoxy groups -OCH3 is 1. The number of hydrogen-bond donors (Lipinski definition) is 1. The molecular formula is C19H22ClN3O3. The number of ether oxygens (including phenoxy) is 1. The lowest BCUT2D eigenvalue weighted by Gasteiger charge is -2.38. The number of aliphatic carboxylic acids is 1. The minimum absolute atomic E-state index is 0.503. The molecule has 2 heterocycles. The van der Waals surface area contributed by atoms with Crippen molar-refractivity contribution in [1.29, 1.82) is 0 Å². The standard InChI is InChI=1S/C19H22ClN3O3/c1-26-17-3-2-15(20)12-16(17)18(19(24)25)23-10-8-22(9-11-23)13-14-4-6-21-7-5-14/h2-7,12,18H,8-11,13H2,1H3,(H,24,25)/t18-/m0/s1. The van der Waals surface area contributed by atoms with Crippen LogP contribution in [0.4, 0.5) is 0 Å². The molecule has 0 bridgehead atoms. The zero-order valence-corrected chi connectivity index (χ0v) is 15.4. The van der Waals surface area contributed by atoms with Crippen LogP contribution in [0.15, 0.2) is 42.7 Å². The molecule has 6 nitrogen and oxygen atoms in total. The normalized spacial score (nSPS) is 17.0. The number of aromatic nitrogens is 1. The lowest BCUT2D eigenvalue weighted by atomic mass is 10.0. The Bertz CT molecular complexity index is 749. The van der Waals surface area contributed by atoms with Gasteiger partial charge in [0.2, 0.25) is 0 Å². The molecular weight excluding hydrogens is 354 g/mol. The minimum Gasteiger partial charge on any atom is -0.496 e. The zero-order chi connectivity index (χ0) is 18.5. The Morgan fingerprint density at radius 3 is 2.54 bits per heavy atom. The Hall–Kier alpha value is -2.15. The van der Waals surface area contributed by atoms with Crippen molar-refractivity contribution in [3.05, 3.63) is 58.9 Å². The first-order valence-electron chi connectivity index (χ1n) is 8.50. The second-order valence-corrected chi connectivity index (χ2v) is 6.73. The van der Waals surface area contributed by atoms with Gasteiger partial charge in [0, 0.05) is 55.7 Å². The molecule has 7 heteroatoms. The molecule has 3 rings (SSSR count). The first kappa shape index (κ1) is 18.6. The van der Waals surface area contributed by atoms with Crippen LogP contribution in [-0.2, 0) is 11.3 Å². The number of benzene rings is 1. The van der Waals surface area contributed by atoms with Crippen LogP contribution in [-0.4, -0.2) is 59.1 Å². The molecule has 1 aromatic carbocycles. The van der Waals surface area contributed by atoms with E-state index in [9.17, 15) is 9.90 Å². The number of carboxylic acids is 1. The Morgan fingerprint density at radius 2 is 1.92 bits per heavy atom. The monoisotopic (exact) mass is 375 g/mol. The van der Waals surface area contributed by atoms with Crippen molar-refractivity contribution in [2.24, 2.45) is 0 Å². The molecule has 1 fully saturated rings. The summed E-state index contributed by atoms with van der Waals surface area (Å²) in [5, 5.41) is 10.3. The fourth-order valence-electron chi connectivity index (χ4n) is 3.33. The van der Waals surface area contributed by atoms with Crippen LogP contribution in [0.25, 0.3) is 0 Å². The van der Waals surface area contributed by atoms with E-state index in [4.69, 9.17) is 16.3 Å². The largest absolute Gasteiger partial charge is 0.496 e. The van der Waals surface area contributed by atoms with Gasteiger partial charge < -0.3 is 9.84 Å². The van der Waals surface area contributed by atoms with Crippen molar-refractivity contribution < 1.29 is 14.6 Å². The maximum absolute atomic E-state index is 12.0. The van der Waals surface area contributed by atoms with E-state index < -0.39 is 12.0 Å². The molecule has 1 aromatic heterocycles. The van der Waals surface area contributed by atoms with E-state index in [1.807, 2.05) is 17.0 Å². The summed E-state index contributed by atoms with van der Waals surface area (Å²) in [5.74, 6) is -0.353. The van der Waals surface area contributed by atoms with E-state index >= 15 is 0 Å². The summed E-state index contributed by atoms with van der Waals surface area (Å²) in [6.45, 7) is 3.77. The number of hydrogen-bond acceptors (Lipinski definition) is 5. The summed E-state index contributed by atoms with van der Waals surface area (Å²) in [5.41, 5.74) is 1.80. The van der Waals surface area contributed by atoms with Gasteiger partial charge in [0.1, 0.15) is 11.8 Å². The third-order valence-electron chi connectivity index (χ3n) is 4.65. The summed E-state index contributed by atoms with van der Waals surface area (Å²) >= 11 is 6.09. The molecule has 1 atom stereocenters. The highest BCUT2D eigenvalue weighted by molar-refractivity contribution is 6.30. The van der Waals surface area contributed by atoms with Crippen molar-refractivity contribution in [2.75, 3.05) is 33.3 Å². The molecule has 0 spiro atoms. The van der Waals surface area contributed by atoms with Gasteiger partial charge in [-0.1, -0.05) is 11.6 Å². The second kappa shape index (κ2) is 8.49. The van der Waals surface area contributed by atoms with Gasteiger partial charge in [0.05, 0.1) is 7.11 Å². The third kappa shape index (κ3) is 4.33. The van der Waals surface area contributed by atoms with Crippen molar-refractivity contribution in [3.8, 4) is 5.75 Å². The van der Waals surface area contributed by atoms with Crippen LogP contribution < -0.4 is 4.74 Å². The lowest BCUT2D eigenvalue weighted by molar-refractivity contribution is -0.144. The Morgan fingerprint density at radius 1 is 1.23 bits per heavy atom. The number of pyridine rings is 1. The van der Waals surface area contributed by atoms with E-state index in [1.165, 1.54) is 12.7 Å². The van der Waals surface area contributed by atoms with Gasteiger partial charge in [0.25, 0.3) is 0 Å². The third-order valence-corrected chi connectivity index (χ3v) is 4.88. The molecule has 1 N–H and O–H groups in total. The van der Waals surface area contributed by atoms with E-state index in [0.717, 1.165) is 19.6 Å². The summed E-state index contributed by atoms with van der Waals surface area (Å²) < 4.78 is 5.36. The fourth-order valence-corrected chi connectivity index (χ4v) is 3.51. The smallest absolute Gasteiger partial charge is 0.325 e. The molecule has 1 saturated heterocycles. The number of carboxylic acid groups (broad SMARTS) is 1. The summed E-state index contributed by atoms with van der Waals surface area (Å²) in [6.07, 6.45) is 3.58. The minimum atomic E-state index is -0.895. The molecule has 138 valence electrons. The molecule has 1 aliphatic heterocycles. The van der Waals surface area contributed by atoms with Gasteiger partial charge in [-0.05, 0) is 35.9 Å². The van der Waals surface area contributed by atoms with Gasteiger partial charge in [-0.3, -0.25) is 19.6 Å². The molecule has 26 heavy (non-hydrogen) atoms. The van der Waals surface area contributed by atoms with Crippen LogP contribution in [0.2, 0.25) is 5.02 Å². The zero-order valence-electron chi connectivity index (χ0n) is 14.6. The molecule has 0 aliphatic carbocycles. The van der Waals surface area contributed by atoms with Crippen LogP contribution in [0, 0.1) is 0 Å². The Labute approximate surface area is 158 Å². The van der Waals surface area contributed by atoms with Crippen LogP contribution in [0.1, 0.15) is 17.2 Å². The highest BCUT2D eigenvalue weighted by atomic mass is 35.5. The summed E-state index contributed by atoms with van der Waals surface area (Å²) in [7, 11) is 1.54. The van der Waals surface area contributed by atoms with Gasteiger partial charge in [-0.15, -0.1) is 0 Å². The number of piperazine rings is 1. The molecule has 0 radical (unpaired) electrons. The maximum Gasteiger partial charge on any atom is 0.325 e. The van der Waals surface area contributed by atoms with Crippen molar-refractivity contribution >= 4 is 17.6 Å².